The van der Waals surface area contributed by atoms with Gasteiger partial charge in [0.2, 0.25) is 5.91 Å². The summed E-state index contributed by atoms with van der Waals surface area (Å²) < 4.78 is 0. The fourth-order valence-corrected chi connectivity index (χ4v) is 1.99. The van der Waals surface area contributed by atoms with E-state index < -0.39 is 0 Å². The van der Waals surface area contributed by atoms with Crippen LogP contribution in [0.5, 0.6) is 0 Å². The van der Waals surface area contributed by atoms with Gasteiger partial charge in [-0.05, 0) is 29.8 Å². The Morgan fingerprint density at radius 3 is 2.78 bits per heavy atom. The summed E-state index contributed by atoms with van der Waals surface area (Å²) in [5, 5.41) is 12.0. The molecule has 0 spiro atoms. The molecule has 4 N–H and O–H groups in total. The zero-order valence-corrected chi connectivity index (χ0v) is 14.8. The number of hydrogen-bond acceptors (Lipinski definition) is 5. The van der Waals surface area contributed by atoms with E-state index in [0.717, 1.165) is 0 Å². The predicted octanol–water partition coefficient (Wildman–Crippen LogP) is 1.98. The van der Waals surface area contributed by atoms with Crippen LogP contribution < -0.4 is 11.1 Å². The third kappa shape index (κ3) is 6.29. The molecule has 0 aliphatic carbocycles. The summed E-state index contributed by atoms with van der Waals surface area (Å²) >= 11 is 0. The van der Waals surface area contributed by atoms with Crippen LogP contribution in [0, 0.1) is 0 Å². The monoisotopic (exact) mass is 364 g/mol. The molecule has 1 amide bonds. The molecule has 8 nitrogen and oxygen atoms in total. The molecule has 0 atom stereocenters. The predicted molar refractivity (Wildman–Crippen MR) is 106 cm³/mol. The highest BCUT2D eigenvalue weighted by Gasteiger charge is 2.04. The number of nitrogens with one attached hydrogen (secondary N) is 1. The molecule has 0 fully saturated rings. The van der Waals surface area contributed by atoms with Crippen LogP contribution in [0.2, 0.25) is 0 Å². The third-order valence-electron chi connectivity index (χ3n) is 3.21. The van der Waals surface area contributed by atoms with Gasteiger partial charge < -0.3 is 16.2 Å². The summed E-state index contributed by atoms with van der Waals surface area (Å²) in [5.74, 6) is 0.528. The van der Waals surface area contributed by atoms with Crippen molar-refractivity contribution in [1.82, 2.24) is 9.97 Å². The number of carbonyl (C=O) groups is 1. The molecule has 0 saturated carbocycles. The first-order chi connectivity index (χ1) is 13.0. The number of pyridine rings is 2. The van der Waals surface area contributed by atoms with Crippen LogP contribution in [0.15, 0.2) is 77.0 Å². The third-order valence-corrected chi connectivity index (χ3v) is 3.21. The maximum Gasteiger partial charge on any atom is 0.222 e. The number of anilines is 1. The Morgan fingerprint density at radius 2 is 2.15 bits per heavy atom. The average molecular weight is 364 g/mol. The summed E-state index contributed by atoms with van der Waals surface area (Å²) in [5.41, 5.74) is 7.54. The van der Waals surface area contributed by atoms with Crippen LogP contribution in [0.3, 0.4) is 0 Å². The Kier molecular flexibility index (Phi) is 7.09. The van der Waals surface area contributed by atoms with Gasteiger partial charge in [-0.2, -0.15) is 0 Å². The van der Waals surface area contributed by atoms with Gasteiger partial charge in [0.15, 0.2) is 11.7 Å². The Labute approximate surface area is 156 Å². The zero-order chi connectivity index (χ0) is 19.6. The number of aliphatic hydroxyl groups is 1. The topological polar surface area (TPSA) is 126 Å². The number of aromatic nitrogens is 2. The van der Waals surface area contributed by atoms with Crippen LogP contribution in [-0.2, 0) is 4.79 Å². The summed E-state index contributed by atoms with van der Waals surface area (Å²) in [6.07, 6.45) is 6.17. The Balaban J connectivity index is 2.46. The number of aliphatic imine (C=N–C) groups is 2. The van der Waals surface area contributed by atoms with Crippen molar-refractivity contribution in [2.24, 2.45) is 15.7 Å². The lowest BCUT2D eigenvalue weighted by atomic mass is 10.2. The highest BCUT2D eigenvalue weighted by atomic mass is 16.3. The number of aliphatic hydroxyl groups excluding tert-OH is 1. The summed E-state index contributed by atoms with van der Waals surface area (Å²) in [4.78, 5) is 28.1. The second-order valence-corrected chi connectivity index (χ2v) is 5.34. The fraction of sp³-hybridized carbons (Fsp3) is 0.105. The smallest absolute Gasteiger partial charge is 0.222 e. The van der Waals surface area contributed by atoms with E-state index in [4.69, 9.17) is 5.73 Å². The van der Waals surface area contributed by atoms with E-state index in [1.807, 2.05) is 0 Å². The van der Waals surface area contributed by atoms with Crippen LogP contribution in [0.4, 0.5) is 11.5 Å². The number of nitrogens with zero attached hydrogens (tertiary/aromatic N) is 4. The Bertz CT molecular complexity index is 903. The summed E-state index contributed by atoms with van der Waals surface area (Å²) in [6.45, 7) is 4.81. The minimum absolute atomic E-state index is 0.170. The second-order valence-electron chi connectivity index (χ2n) is 5.34. The lowest BCUT2D eigenvalue weighted by molar-refractivity contribution is -0.114. The van der Waals surface area contributed by atoms with Gasteiger partial charge in [-0.1, -0.05) is 18.7 Å². The van der Waals surface area contributed by atoms with E-state index in [9.17, 15) is 9.90 Å². The van der Waals surface area contributed by atoms with Crippen molar-refractivity contribution >= 4 is 29.1 Å². The minimum Gasteiger partial charge on any atom is -0.392 e. The van der Waals surface area contributed by atoms with E-state index in [1.165, 1.54) is 19.2 Å². The van der Waals surface area contributed by atoms with Crippen molar-refractivity contribution in [2.45, 2.75) is 6.92 Å². The first kappa shape index (κ1) is 19.7. The minimum atomic E-state index is -0.240. The van der Waals surface area contributed by atoms with Crippen LogP contribution >= 0.6 is 0 Å². The molecule has 0 aromatic carbocycles. The van der Waals surface area contributed by atoms with E-state index in [2.05, 4.69) is 31.8 Å². The number of amidine groups is 2. The lowest BCUT2D eigenvalue weighted by Crippen LogP contribution is -2.17. The molecule has 0 aliphatic heterocycles. The fourth-order valence-electron chi connectivity index (χ4n) is 1.99. The molecule has 0 unspecified atom stereocenters. The number of nitrogens with two attached hydrogens (primary N) is 1. The van der Waals surface area contributed by atoms with Gasteiger partial charge in [-0.3, -0.25) is 9.78 Å². The van der Waals surface area contributed by atoms with Crippen LogP contribution in [-0.4, -0.2) is 39.3 Å². The van der Waals surface area contributed by atoms with Gasteiger partial charge in [-0.15, -0.1) is 0 Å². The Hall–Kier alpha value is -3.65. The molecule has 0 radical (unpaired) electrons. The molecular formula is C19H20N6O2. The number of rotatable bonds is 6. The molecule has 27 heavy (non-hydrogen) atoms. The van der Waals surface area contributed by atoms with Gasteiger partial charge in [0.25, 0.3) is 0 Å². The van der Waals surface area contributed by atoms with Gasteiger partial charge >= 0.3 is 0 Å². The molecule has 0 saturated heterocycles. The normalized spacial score (nSPS) is 12.6. The first-order valence-electron chi connectivity index (χ1n) is 8.03. The van der Waals surface area contributed by atoms with Gasteiger partial charge in [-0.25, -0.2) is 15.0 Å². The second kappa shape index (κ2) is 9.73. The maximum absolute atomic E-state index is 11.2. The molecule has 8 heteroatoms. The highest BCUT2D eigenvalue weighted by Crippen LogP contribution is 2.16. The molecule has 2 heterocycles. The quantitative estimate of drug-likeness (QED) is 0.410. The van der Waals surface area contributed by atoms with Crippen molar-refractivity contribution in [3.63, 3.8) is 0 Å². The van der Waals surface area contributed by atoms with E-state index in [0.29, 0.717) is 22.8 Å². The number of amides is 1. The van der Waals surface area contributed by atoms with Crippen molar-refractivity contribution in [1.29, 1.82) is 0 Å². The molecular weight excluding hydrogens is 344 g/mol. The van der Waals surface area contributed by atoms with Crippen molar-refractivity contribution < 1.29 is 9.90 Å². The standard InChI is InChI=1S/C19H20N6O2/c1-3-14(12-26)10-18(25-19(20)16-6-4-5-8-21-16)24-15-7-9-22-17(11-15)23-13(2)27/h3-11,26H,1,12H2,2H3,(H3,20,22,23,24,25,27)/b14-10-. The van der Waals surface area contributed by atoms with Crippen LogP contribution in [0.1, 0.15) is 12.6 Å². The van der Waals surface area contributed by atoms with E-state index >= 15 is 0 Å². The molecule has 138 valence electrons. The number of carbonyl (C=O) groups excluding carboxylic acids is 1. The molecule has 2 rings (SSSR count). The maximum atomic E-state index is 11.2. The number of hydrogen-bond donors (Lipinski definition) is 3. The van der Waals surface area contributed by atoms with Crippen molar-refractivity contribution in [2.75, 3.05) is 11.9 Å². The van der Waals surface area contributed by atoms with Crippen LogP contribution in [0.25, 0.3) is 0 Å². The zero-order valence-electron chi connectivity index (χ0n) is 14.8. The Morgan fingerprint density at radius 1 is 1.33 bits per heavy atom. The molecule has 2 aromatic heterocycles. The SMILES string of the molecule is C=C/C(=C/C(=Nc1ccnc(NC(C)=O)c1)N=C(N)c1ccccn1)CO. The largest absolute Gasteiger partial charge is 0.392 e. The van der Waals surface area contributed by atoms with Crippen molar-refractivity contribution in [3.8, 4) is 0 Å². The molecule has 0 aliphatic rings. The molecule has 0 bridgehead atoms. The summed E-state index contributed by atoms with van der Waals surface area (Å²) in [6, 6.07) is 8.53. The highest BCUT2D eigenvalue weighted by molar-refractivity contribution is 6.08. The average Bonchev–Trinajstić information content (AvgIpc) is 2.66. The summed E-state index contributed by atoms with van der Waals surface area (Å²) in [7, 11) is 0. The van der Waals surface area contributed by atoms with Gasteiger partial charge in [0, 0.05) is 25.4 Å². The van der Waals surface area contributed by atoms with Crippen molar-refractivity contribution in [3.05, 3.63) is 72.7 Å². The first-order valence-corrected chi connectivity index (χ1v) is 8.03. The van der Waals surface area contributed by atoms with Gasteiger partial charge in [0.05, 0.1) is 12.3 Å². The van der Waals surface area contributed by atoms with E-state index in [-0.39, 0.29) is 24.2 Å². The lowest BCUT2D eigenvalue weighted by Gasteiger charge is -2.04. The molecule has 2 aromatic rings. The van der Waals surface area contributed by atoms with Gasteiger partial charge in [0.1, 0.15) is 11.5 Å². The van der Waals surface area contributed by atoms with E-state index in [1.54, 1.807) is 42.6 Å².